The molecule has 2 N–H and O–H groups in total. The first-order valence-corrected chi connectivity index (χ1v) is 6.99. The van der Waals surface area contributed by atoms with Gasteiger partial charge in [-0.25, -0.2) is 4.39 Å². The van der Waals surface area contributed by atoms with Crippen LogP contribution in [-0.4, -0.2) is 33.4 Å². The Balaban J connectivity index is 1.74. The molecule has 1 aliphatic rings. The highest BCUT2D eigenvalue weighted by Gasteiger charge is 2.22. The molecule has 4 rings (SSSR count). The molecule has 6 nitrogen and oxygen atoms in total. The van der Waals surface area contributed by atoms with Crippen molar-refractivity contribution in [2.24, 2.45) is 0 Å². The van der Waals surface area contributed by atoms with Crippen molar-refractivity contribution in [3.63, 3.8) is 0 Å². The Labute approximate surface area is 119 Å². The minimum Gasteiger partial charge on any atom is -0.339 e. The van der Waals surface area contributed by atoms with E-state index in [1.807, 2.05) is 0 Å². The SMILES string of the molecule is Fc1ccc(-c2noc(C3CCCNC3)n2)c2[nH]ncc12. The van der Waals surface area contributed by atoms with E-state index in [0.717, 1.165) is 25.9 Å². The number of aromatic amines is 1. The summed E-state index contributed by atoms with van der Waals surface area (Å²) in [5.41, 5.74) is 1.28. The Morgan fingerprint density at radius 1 is 1.33 bits per heavy atom. The van der Waals surface area contributed by atoms with Gasteiger partial charge in [-0.2, -0.15) is 10.1 Å². The highest BCUT2D eigenvalue weighted by atomic mass is 19.1. The Morgan fingerprint density at radius 3 is 3.14 bits per heavy atom. The summed E-state index contributed by atoms with van der Waals surface area (Å²) in [6.45, 7) is 1.88. The molecule has 21 heavy (non-hydrogen) atoms. The van der Waals surface area contributed by atoms with Crippen LogP contribution in [0.3, 0.4) is 0 Å². The van der Waals surface area contributed by atoms with Gasteiger partial charge in [-0.1, -0.05) is 5.16 Å². The Morgan fingerprint density at radius 2 is 2.29 bits per heavy atom. The zero-order valence-electron chi connectivity index (χ0n) is 11.3. The van der Waals surface area contributed by atoms with Crippen molar-refractivity contribution in [3.8, 4) is 11.4 Å². The fraction of sp³-hybridized carbons (Fsp3) is 0.357. The number of benzene rings is 1. The second-order valence-corrected chi connectivity index (χ2v) is 5.25. The summed E-state index contributed by atoms with van der Waals surface area (Å²) in [5.74, 6) is 1.03. The molecular weight excluding hydrogens is 273 g/mol. The van der Waals surface area contributed by atoms with Crippen molar-refractivity contribution in [2.75, 3.05) is 13.1 Å². The summed E-state index contributed by atoms with van der Waals surface area (Å²) in [5, 5.41) is 14.5. The van der Waals surface area contributed by atoms with Crippen LogP contribution in [-0.2, 0) is 0 Å². The summed E-state index contributed by atoms with van der Waals surface area (Å²) in [4.78, 5) is 4.48. The standard InChI is InChI=1S/C14H14FN5O/c15-11-4-3-9(12-10(11)7-17-19-12)13-18-14(21-20-13)8-2-1-5-16-6-8/h3-4,7-8,16H,1-2,5-6H2,(H,17,19). The third-order valence-corrected chi connectivity index (χ3v) is 3.89. The normalized spacial score (nSPS) is 19.2. The van der Waals surface area contributed by atoms with Crippen molar-refractivity contribution in [1.29, 1.82) is 0 Å². The molecule has 1 saturated heterocycles. The predicted molar refractivity (Wildman–Crippen MR) is 74.2 cm³/mol. The third kappa shape index (κ3) is 2.09. The van der Waals surface area contributed by atoms with E-state index in [4.69, 9.17) is 4.52 Å². The quantitative estimate of drug-likeness (QED) is 0.755. The maximum absolute atomic E-state index is 13.7. The van der Waals surface area contributed by atoms with Gasteiger partial charge in [0.05, 0.1) is 23.0 Å². The van der Waals surface area contributed by atoms with Crippen LogP contribution in [0.5, 0.6) is 0 Å². The molecule has 0 aliphatic carbocycles. The maximum Gasteiger partial charge on any atom is 0.231 e. The first kappa shape index (κ1) is 12.5. The second kappa shape index (κ2) is 4.92. The molecule has 3 heterocycles. The second-order valence-electron chi connectivity index (χ2n) is 5.25. The van der Waals surface area contributed by atoms with Gasteiger partial charge >= 0.3 is 0 Å². The number of rotatable bonds is 2. The third-order valence-electron chi connectivity index (χ3n) is 3.89. The zero-order valence-corrected chi connectivity index (χ0v) is 11.3. The predicted octanol–water partition coefficient (Wildman–Crippen LogP) is 2.22. The molecule has 2 aromatic heterocycles. The van der Waals surface area contributed by atoms with Crippen LogP contribution >= 0.6 is 0 Å². The van der Waals surface area contributed by atoms with E-state index in [9.17, 15) is 4.39 Å². The number of piperidine rings is 1. The first-order chi connectivity index (χ1) is 10.3. The Bertz CT molecular complexity index is 775. The number of H-pyrrole nitrogens is 1. The summed E-state index contributed by atoms with van der Waals surface area (Å²) in [6.07, 6.45) is 3.60. The summed E-state index contributed by atoms with van der Waals surface area (Å²) < 4.78 is 19.1. The average molecular weight is 287 g/mol. The molecule has 0 radical (unpaired) electrons. The minimum atomic E-state index is -0.317. The topological polar surface area (TPSA) is 79.6 Å². The molecular formula is C14H14FN5O. The van der Waals surface area contributed by atoms with Gasteiger partial charge in [0.25, 0.3) is 0 Å². The van der Waals surface area contributed by atoms with Gasteiger partial charge in [0.1, 0.15) is 5.82 Å². The van der Waals surface area contributed by atoms with Crippen molar-refractivity contribution in [1.82, 2.24) is 25.7 Å². The zero-order chi connectivity index (χ0) is 14.2. The summed E-state index contributed by atoms with van der Waals surface area (Å²) >= 11 is 0. The number of aromatic nitrogens is 4. The van der Waals surface area contributed by atoms with E-state index in [0.29, 0.717) is 28.2 Å². The van der Waals surface area contributed by atoms with Crippen LogP contribution < -0.4 is 5.32 Å². The number of halogens is 1. The highest BCUT2D eigenvalue weighted by Crippen LogP contribution is 2.29. The summed E-state index contributed by atoms with van der Waals surface area (Å²) in [6, 6.07) is 3.04. The molecule has 1 atom stereocenters. The van der Waals surface area contributed by atoms with Crippen LogP contribution in [0.1, 0.15) is 24.7 Å². The lowest BCUT2D eigenvalue weighted by Gasteiger charge is -2.18. The van der Waals surface area contributed by atoms with E-state index < -0.39 is 0 Å². The van der Waals surface area contributed by atoms with Gasteiger partial charge in [0, 0.05) is 12.1 Å². The summed E-state index contributed by atoms with van der Waals surface area (Å²) in [7, 11) is 0. The maximum atomic E-state index is 13.7. The van der Waals surface area contributed by atoms with Crippen molar-refractivity contribution in [2.45, 2.75) is 18.8 Å². The number of hydrogen-bond acceptors (Lipinski definition) is 5. The van der Waals surface area contributed by atoms with Gasteiger partial charge in [0.2, 0.25) is 11.7 Å². The Hall–Kier alpha value is -2.28. The van der Waals surface area contributed by atoms with Crippen molar-refractivity contribution < 1.29 is 8.91 Å². The molecule has 3 aromatic rings. The fourth-order valence-corrected chi connectivity index (χ4v) is 2.76. The molecule has 0 amide bonds. The van der Waals surface area contributed by atoms with E-state index >= 15 is 0 Å². The van der Waals surface area contributed by atoms with Crippen LogP contribution in [0.15, 0.2) is 22.9 Å². The molecule has 1 aromatic carbocycles. The van der Waals surface area contributed by atoms with Crippen molar-refractivity contribution >= 4 is 10.9 Å². The first-order valence-electron chi connectivity index (χ1n) is 6.99. The van der Waals surface area contributed by atoms with E-state index in [1.165, 1.54) is 12.3 Å². The van der Waals surface area contributed by atoms with Gasteiger partial charge in [-0.15, -0.1) is 0 Å². The molecule has 7 heteroatoms. The average Bonchev–Trinajstić information content (AvgIpc) is 3.18. The van der Waals surface area contributed by atoms with Gasteiger partial charge in [-0.3, -0.25) is 5.10 Å². The lowest BCUT2D eigenvalue weighted by atomic mass is 10.00. The van der Waals surface area contributed by atoms with Crippen molar-refractivity contribution in [3.05, 3.63) is 30.0 Å². The molecule has 1 aliphatic heterocycles. The Kier molecular flexibility index (Phi) is 2.92. The monoisotopic (exact) mass is 287 g/mol. The van der Waals surface area contributed by atoms with E-state index in [2.05, 4.69) is 25.7 Å². The van der Waals surface area contributed by atoms with Gasteiger partial charge in [-0.05, 0) is 31.5 Å². The number of nitrogens with one attached hydrogen (secondary N) is 2. The van der Waals surface area contributed by atoms with E-state index in [1.54, 1.807) is 6.07 Å². The molecule has 0 saturated carbocycles. The van der Waals surface area contributed by atoms with E-state index in [-0.39, 0.29) is 11.7 Å². The molecule has 0 spiro atoms. The molecule has 1 unspecified atom stereocenters. The minimum absolute atomic E-state index is 0.248. The number of hydrogen-bond donors (Lipinski definition) is 2. The smallest absolute Gasteiger partial charge is 0.231 e. The van der Waals surface area contributed by atoms with Crippen LogP contribution in [0, 0.1) is 5.82 Å². The van der Waals surface area contributed by atoms with Crippen LogP contribution in [0.4, 0.5) is 4.39 Å². The molecule has 1 fully saturated rings. The number of nitrogens with zero attached hydrogens (tertiary/aromatic N) is 3. The van der Waals surface area contributed by atoms with Crippen LogP contribution in [0.2, 0.25) is 0 Å². The lowest BCUT2D eigenvalue weighted by molar-refractivity contribution is 0.322. The molecule has 0 bridgehead atoms. The van der Waals surface area contributed by atoms with Crippen LogP contribution in [0.25, 0.3) is 22.3 Å². The van der Waals surface area contributed by atoms with Gasteiger partial charge < -0.3 is 9.84 Å². The number of fused-ring (bicyclic) bond motifs is 1. The van der Waals surface area contributed by atoms with Gasteiger partial charge in [0.15, 0.2) is 0 Å². The highest BCUT2D eigenvalue weighted by molar-refractivity contribution is 5.91. The lowest BCUT2D eigenvalue weighted by Crippen LogP contribution is -2.28. The molecule has 108 valence electrons. The largest absolute Gasteiger partial charge is 0.339 e. The fourth-order valence-electron chi connectivity index (χ4n) is 2.76.